The zero-order chi connectivity index (χ0) is 22.9. The van der Waals surface area contributed by atoms with E-state index in [0.29, 0.717) is 11.5 Å². The second-order valence-electron chi connectivity index (χ2n) is 8.45. The first-order valence-corrected chi connectivity index (χ1v) is 10.9. The van der Waals surface area contributed by atoms with Crippen LogP contribution in [0.5, 0.6) is 0 Å². The Labute approximate surface area is 193 Å². The van der Waals surface area contributed by atoms with Crippen molar-refractivity contribution in [2.75, 3.05) is 10.6 Å². The lowest BCUT2D eigenvalue weighted by molar-refractivity contribution is 0.102. The first-order valence-electron chi connectivity index (χ1n) is 10.9. The summed E-state index contributed by atoms with van der Waals surface area (Å²) in [7, 11) is 0. The van der Waals surface area contributed by atoms with Crippen molar-refractivity contribution in [1.82, 2.24) is 14.8 Å². The van der Waals surface area contributed by atoms with Crippen molar-refractivity contribution in [1.29, 1.82) is 0 Å². The number of carbonyl (C=O) groups is 1. The van der Waals surface area contributed by atoms with Gasteiger partial charge in [-0.1, -0.05) is 77.4 Å². The number of amides is 1. The Hall–Kier alpha value is -4.19. The van der Waals surface area contributed by atoms with Gasteiger partial charge in [-0.05, 0) is 50.1 Å². The minimum Gasteiger partial charge on any atom is -0.324 e. The average Bonchev–Trinajstić information content (AvgIpc) is 3.22. The van der Waals surface area contributed by atoms with E-state index in [-0.39, 0.29) is 17.9 Å². The number of benzene rings is 3. The van der Waals surface area contributed by atoms with E-state index in [1.54, 1.807) is 12.1 Å². The molecule has 33 heavy (non-hydrogen) atoms. The molecule has 0 bridgehead atoms. The molecule has 0 saturated carbocycles. The molecule has 5 rings (SSSR count). The molecule has 3 aromatic carbocycles. The number of aromatic nitrogens is 3. The SMILES string of the molecule is Cc1ccc(C(=O)Nc2nc3n(n2)C(c2ccc(C)cc2)C=C(c2ccc(C)cc2)N3)cc1. The fraction of sp³-hybridized carbons (Fsp3) is 0.148. The van der Waals surface area contributed by atoms with Gasteiger partial charge in [-0.2, -0.15) is 4.98 Å². The lowest BCUT2D eigenvalue weighted by Crippen LogP contribution is -2.20. The number of rotatable bonds is 4. The van der Waals surface area contributed by atoms with Crippen molar-refractivity contribution in [3.05, 3.63) is 112 Å². The van der Waals surface area contributed by atoms with Crippen molar-refractivity contribution in [2.45, 2.75) is 26.8 Å². The number of nitrogens with zero attached hydrogens (tertiary/aromatic N) is 3. The van der Waals surface area contributed by atoms with Crippen LogP contribution in [0.4, 0.5) is 11.9 Å². The van der Waals surface area contributed by atoms with Gasteiger partial charge in [-0.3, -0.25) is 10.1 Å². The van der Waals surface area contributed by atoms with Gasteiger partial charge >= 0.3 is 0 Å². The fourth-order valence-corrected chi connectivity index (χ4v) is 3.83. The van der Waals surface area contributed by atoms with Crippen LogP contribution in [0.1, 0.15) is 44.2 Å². The zero-order valence-corrected chi connectivity index (χ0v) is 18.8. The maximum absolute atomic E-state index is 12.7. The van der Waals surface area contributed by atoms with E-state index in [9.17, 15) is 4.79 Å². The Morgan fingerprint density at radius 2 is 1.42 bits per heavy atom. The smallest absolute Gasteiger partial charge is 0.258 e. The van der Waals surface area contributed by atoms with Gasteiger partial charge < -0.3 is 5.32 Å². The molecule has 1 aromatic heterocycles. The van der Waals surface area contributed by atoms with Gasteiger partial charge in [-0.15, -0.1) is 5.10 Å². The Morgan fingerprint density at radius 1 is 0.848 bits per heavy atom. The molecule has 6 nitrogen and oxygen atoms in total. The number of fused-ring (bicyclic) bond motifs is 1. The van der Waals surface area contributed by atoms with Gasteiger partial charge in [0.2, 0.25) is 5.95 Å². The summed E-state index contributed by atoms with van der Waals surface area (Å²) in [6, 6.07) is 24.0. The molecule has 2 N–H and O–H groups in total. The molecule has 4 aromatic rings. The topological polar surface area (TPSA) is 71.8 Å². The molecule has 1 unspecified atom stereocenters. The van der Waals surface area contributed by atoms with Gasteiger partial charge in [0.05, 0.1) is 0 Å². The molecule has 164 valence electrons. The third kappa shape index (κ3) is 4.28. The number of aryl methyl sites for hydroxylation is 3. The van der Waals surface area contributed by atoms with Crippen molar-refractivity contribution < 1.29 is 4.79 Å². The Bertz CT molecular complexity index is 1330. The van der Waals surface area contributed by atoms with Gasteiger partial charge in [0.25, 0.3) is 11.9 Å². The Balaban J connectivity index is 1.50. The number of carbonyl (C=O) groups excluding carboxylic acids is 1. The summed E-state index contributed by atoms with van der Waals surface area (Å²) in [6.45, 7) is 6.13. The number of nitrogens with one attached hydrogen (secondary N) is 2. The predicted molar refractivity (Wildman–Crippen MR) is 131 cm³/mol. The van der Waals surface area contributed by atoms with Crippen LogP contribution in [0.2, 0.25) is 0 Å². The van der Waals surface area contributed by atoms with Crippen molar-refractivity contribution in [3.8, 4) is 0 Å². The van der Waals surface area contributed by atoms with E-state index in [0.717, 1.165) is 22.4 Å². The highest BCUT2D eigenvalue weighted by Gasteiger charge is 2.26. The highest BCUT2D eigenvalue weighted by Crippen LogP contribution is 2.33. The summed E-state index contributed by atoms with van der Waals surface area (Å²) < 4.78 is 1.81. The van der Waals surface area contributed by atoms with Crippen molar-refractivity contribution in [3.63, 3.8) is 0 Å². The molecule has 2 heterocycles. The fourth-order valence-electron chi connectivity index (χ4n) is 3.83. The van der Waals surface area contributed by atoms with E-state index in [4.69, 9.17) is 0 Å². The van der Waals surface area contributed by atoms with E-state index < -0.39 is 0 Å². The summed E-state index contributed by atoms with van der Waals surface area (Å²) >= 11 is 0. The molecule has 0 saturated heterocycles. The van der Waals surface area contributed by atoms with E-state index in [1.807, 2.05) is 23.7 Å². The lowest BCUT2D eigenvalue weighted by Gasteiger charge is -2.24. The summed E-state index contributed by atoms with van der Waals surface area (Å²) in [5.74, 6) is 0.605. The quantitative estimate of drug-likeness (QED) is 0.443. The molecule has 1 amide bonds. The van der Waals surface area contributed by atoms with Crippen LogP contribution in [-0.2, 0) is 0 Å². The minimum atomic E-state index is -0.239. The lowest BCUT2D eigenvalue weighted by atomic mass is 10.0. The summed E-state index contributed by atoms with van der Waals surface area (Å²) in [4.78, 5) is 17.3. The second-order valence-corrected chi connectivity index (χ2v) is 8.45. The molecule has 1 aliphatic heterocycles. The maximum Gasteiger partial charge on any atom is 0.258 e. The monoisotopic (exact) mass is 435 g/mol. The number of hydrogen-bond acceptors (Lipinski definition) is 4. The summed E-state index contributed by atoms with van der Waals surface area (Å²) in [6.07, 6.45) is 2.14. The van der Waals surface area contributed by atoms with Crippen molar-refractivity contribution >= 4 is 23.5 Å². The molecule has 1 atom stereocenters. The molecule has 0 aliphatic carbocycles. The minimum absolute atomic E-state index is 0.157. The van der Waals surface area contributed by atoms with Crippen LogP contribution < -0.4 is 10.6 Å². The summed E-state index contributed by atoms with van der Waals surface area (Å²) in [5.41, 5.74) is 7.18. The standard InChI is InChI=1S/C27H25N5O/c1-17-4-10-20(11-5-17)23-16-24(21-12-6-18(2)7-13-21)32-27(28-23)30-26(31-32)29-25(33)22-14-8-19(3)9-15-22/h4-16,24H,1-3H3,(H2,28,29,30,31,33). The molecular weight excluding hydrogens is 410 g/mol. The van der Waals surface area contributed by atoms with E-state index >= 15 is 0 Å². The van der Waals surface area contributed by atoms with E-state index in [1.165, 1.54) is 11.1 Å². The first kappa shape index (κ1) is 20.7. The third-order valence-corrected chi connectivity index (χ3v) is 5.79. The van der Waals surface area contributed by atoms with Gasteiger partial charge in [0.15, 0.2) is 0 Å². The normalized spacial score (nSPS) is 14.8. The van der Waals surface area contributed by atoms with Crippen LogP contribution in [0.3, 0.4) is 0 Å². The van der Waals surface area contributed by atoms with Gasteiger partial charge in [0, 0.05) is 11.3 Å². The van der Waals surface area contributed by atoms with Crippen molar-refractivity contribution in [2.24, 2.45) is 0 Å². The average molecular weight is 436 g/mol. The number of allylic oxidation sites excluding steroid dienone is 1. The number of hydrogen-bond donors (Lipinski definition) is 2. The summed E-state index contributed by atoms with van der Waals surface area (Å²) in [5, 5.41) is 10.8. The highest BCUT2D eigenvalue weighted by atomic mass is 16.1. The van der Waals surface area contributed by atoms with Crippen LogP contribution in [0.15, 0.2) is 78.9 Å². The van der Waals surface area contributed by atoms with E-state index in [2.05, 4.69) is 89.2 Å². The Morgan fingerprint density at radius 3 is 2.06 bits per heavy atom. The predicted octanol–water partition coefficient (Wildman–Crippen LogP) is 5.51. The zero-order valence-electron chi connectivity index (χ0n) is 18.8. The highest BCUT2D eigenvalue weighted by molar-refractivity contribution is 6.03. The Kier molecular flexibility index (Phi) is 5.26. The maximum atomic E-state index is 12.7. The van der Waals surface area contributed by atoms with Crippen LogP contribution in [0.25, 0.3) is 5.70 Å². The third-order valence-electron chi connectivity index (χ3n) is 5.79. The molecule has 0 spiro atoms. The van der Waals surface area contributed by atoms with Crippen LogP contribution >= 0.6 is 0 Å². The molecular formula is C27H25N5O. The second kappa shape index (κ2) is 8.39. The van der Waals surface area contributed by atoms with Crippen LogP contribution in [-0.4, -0.2) is 20.7 Å². The largest absolute Gasteiger partial charge is 0.324 e. The van der Waals surface area contributed by atoms with Gasteiger partial charge in [-0.25, -0.2) is 4.68 Å². The molecule has 1 aliphatic rings. The number of anilines is 2. The van der Waals surface area contributed by atoms with Crippen LogP contribution in [0, 0.1) is 20.8 Å². The molecule has 6 heteroatoms. The molecule has 0 fully saturated rings. The first-order chi connectivity index (χ1) is 16.0. The molecule has 0 radical (unpaired) electrons. The van der Waals surface area contributed by atoms with Gasteiger partial charge in [0.1, 0.15) is 6.04 Å².